The first-order valence-electron chi connectivity index (χ1n) is 6.22. The van der Waals surface area contributed by atoms with Crippen molar-refractivity contribution in [3.8, 4) is 5.75 Å². The Morgan fingerprint density at radius 3 is 2.89 bits per heavy atom. The first kappa shape index (κ1) is 12.4. The van der Waals surface area contributed by atoms with Crippen LogP contribution < -0.4 is 10.1 Å². The number of halogens is 2. The van der Waals surface area contributed by atoms with E-state index >= 15 is 0 Å². The minimum absolute atomic E-state index is 0.139. The fourth-order valence-corrected chi connectivity index (χ4v) is 2.60. The van der Waals surface area contributed by atoms with Gasteiger partial charge in [-0.2, -0.15) is 0 Å². The van der Waals surface area contributed by atoms with Gasteiger partial charge in [0.05, 0.1) is 23.3 Å². The Kier molecular flexibility index (Phi) is 3.54. The van der Waals surface area contributed by atoms with Crippen molar-refractivity contribution in [2.24, 2.45) is 0 Å². The molecular weight excluding hydrogens is 301 g/mol. The van der Waals surface area contributed by atoms with E-state index in [0.717, 1.165) is 30.7 Å². The smallest absolute Gasteiger partial charge is 0.139 e. The second-order valence-electron chi connectivity index (χ2n) is 4.69. The normalized spacial score (nSPS) is 24.0. The van der Waals surface area contributed by atoms with Crippen molar-refractivity contribution in [1.29, 1.82) is 0 Å². The highest BCUT2D eigenvalue weighted by Crippen LogP contribution is 2.39. The molecule has 1 N–H and O–H groups in total. The average Bonchev–Trinajstić information content (AvgIpc) is 3.17. The molecular formula is C13H15BrFNO2. The summed E-state index contributed by atoms with van der Waals surface area (Å²) in [6, 6.07) is 2.96. The maximum Gasteiger partial charge on any atom is 0.139 e. The summed E-state index contributed by atoms with van der Waals surface area (Å²) in [5, 5.41) is 3.25. The molecule has 1 aromatic rings. The zero-order valence-electron chi connectivity index (χ0n) is 9.92. The molecule has 0 aromatic heterocycles. The van der Waals surface area contributed by atoms with Gasteiger partial charge in [0.15, 0.2) is 0 Å². The Labute approximate surface area is 114 Å². The summed E-state index contributed by atoms with van der Waals surface area (Å²) >= 11 is 3.38. The van der Waals surface area contributed by atoms with Gasteiger partial charge < -0.3 is 14.8 Å². The van der Waals surface area contributed by atoms with Gasteiger partial charge in [-0.05, 0) is 40.9 Å². The standard InChI is InChI=1S/C13H15BrFNO2/c14-11-6-8(15)5-10(12-7-16-3-4-17-12)13(11)18-9-1-2-9/h5-6,9,12,16H,1-4,7H2. The molecule has 1 aromatic carbocycles. The fraction of sp³-hybridized carbons (Fsp3) is 0.538. The Morgan fingerprint density at radius 1 is 1.39 bits per heavy atom. The van der Waals surface area contributed by atoms with Crippen molar-refractivity contribution in [2.75, 3.05) is 19.7 Å². The maximum atomic E-state index is 13.6. The van der Waals surface area contributed by atoms with Crippen LogP contribution >= 0.6 is 15.9 Å². The van der Waals surface area contributed by atoms with E-state index in [9.17, 15) is 4.39 Å². The highest BCUT2D eigenvalue weighted by Gasteiger charge is 2.29. The van der Waals surface area contributed by atoms with E-state index < -0.39 is 0 Å². The van der Waals surface area contributed by atoms with E-state index in [2.05, 4.69) is 21.2 Å². The predicted octanol–water partition coefficient (Wildman–Crippen LogP) is 2.79. The molecule has 1 saturated heterocycles. The van der Waals surface area contributed by atoms with Crippen LogP contribution in [0.5, 0.6) is 5.75 Å². The number of ether oxygens (including phenoxy) is 2. The molecule has 98 valence electrons. The SMILES string of the molecule is Fc1cc(Br)c(OC2CC2)c(C2CNCCO2)c1. The summed E-state index contributed by atoms with van der Waals surface area (Å²) in [4.78, 5) is 0. The van der Waals surface area contributed by atoms with Crippen LogP contribution in [0.15, 0.2) is 16.6 Å². The monoisotopic (exact) mass is 315 g/mol. The zero-order chi connectivity index (χ0) is 12.5. The lowest BCUT2D eigenvalue weighted by Crippen LogP contribution is -2.33. The first-order valence-corrected chi connectivity index (χ1v) is 7.01. The van der Waals surface area contributed by atoms with Crippen LogP contribution in [0.3, 0.4) is 0 Å². The van der Waals surface area contributed by atoms with Crippen molar-refractivity contribution < 1.29 is 13.9 Å². The maximum absolute atomic E-state index is 13.6. The summed E-state index contributed by atoms with van der Waals surface area (Å²) < 4.78 is 25.8. The molecule has 1 heterocycles. The number of morpholine rings is 1. The number of hydrogen-bond acceptors (Lipinski definition) is 3. The first-order chi connectivity index (χ1) is 8.74. The number of nitrogens with one attached hydrogen (secondary N) is 1. The van der Waals surface area contributed by atoms with E-state index in [4.69, 9.17) is 9.47 Å². The lowest BCUT2D eigenvalue weighted by molar-refractivity contribution is 0.0255. The van der Waals surface area contributed by atoms with Gasteiger partial charge >= 0.3 is 0 Å². The summed E-state index contributed by atoms with van der Waals surface area (Å²) in [7, 11) is 0. The van der Waals surface area contributed by atoms with Gasteiger partial charge in [-0.25, -0.2) is 4.39 Å². The molecule has 3 nitrogen and oxygen atoms in total. The molecule has 1 aliphatic carbocycles. The lowest BCUT2D eigenvalue weighted by atomic mass is 10.1. The van der Waals surface area contributed by atoms with Gasteiger partial charge in [0.1, 0.15) is 11.6 Å². The average molecular weight is 316 g/mol. The van der Waals surface area contributed by atoms with Gasteiger partial charge in [0, 0.05) is 18.7 Å². The Hall–Kier alpha value is -0.650. The second-order valence-corrected chi connectivity index (χ2v) is 5.54. The molecule has 2 aliphatic rings. The van der Waals surface area contributed by atoms with Gasteiger partial charge in [0.2, 0.25) is 0 Å². The Bertz CT molecular complexity index is 445. The van der Waals surface area contributed by atoms with E-state index in [1.807, 2.05) is 0 Å². The van der Waals surface area contributed by atoms with E-state index in [1.165, 1.54) is 12.1 Å². The molecule has 18 heavy (non-hydrogen) atoms. The fourth-order valence-electron chi connectivity index (χ4n) is 2.06. The van der Waals surface area contributed by atoms with Crippen molar-refractivity contribution in [3.05, 3.63) is 28.0 Å². The topological polar surface area (TPSA) is 30.5 Å². The minimum Gasteiger partial charge on any atom is -0.489 e. The molecule has 0 spiro atoms. The van der Waals surface area contributed by atoms with Crippen LogP contribution in [0.25, 0.3) is 0 Å². The highest BCUT2D eigenvalue weighted by molar-refractivity contribution is 9.10. The largest absolute Gasteiger partial charge is 0.489 e. The third kappa shape index (κ3) is 2.68. The van der Waals surface area contributed by atoms with Crippen LogP contribution in [-0.2, 0) is 4.74 Å². The third-order valence-electron chi connectivity index (χ3n) is 3.12. The van der Waals surface area contributed by atoms with Crippen LogP contribution in [0, 0.1) is 5.82 Å². The molecule has 1 unspecified atom stereocenters. The quantitative estimate of drug-likeness (QED) is 0.930. The van der Waals surface area contributed by atoms with Crippen LogP contribution in [0.4, 0.5) is 4.39 Å². The Morgan fingerprint density at radius 2 is 2.22 bits per heavy atom. The molecule has 0 amide bonds. The summed E-state index contributed by atoms with van der Waals surface area (Å²) in [6.07, 6.45) is 2.29. The van der Waals surface area contributed by atoms with Crippen molar-refractivity contribution >= 4 is 15.9 Å². The van der Waals surface area contributed by atoms with Crippen LogP contribution in [0.2, 0.25) is 0 Å². The van der Waals surface area contributed by atoms with E-state index in [-0.39, 0.29) is 18.0 Å². The molecule has 1 saturated carbocycles. The lowest BCUT2D eigenvalue weighted by Gasteiger charge is -2.26. The summed E-state index contributed by atoms with van der Waals surface area (Å²) in [5.74, 6) is 0.460. The van der Waals surface area contributed by atoms with Crippen LogP contribution in [-0.4, -0.2) is 25.8 Å². The Balaban J connectivity index is 1.92. The van der Waals surface area contributed by atoms with Crippen molar-refractivity contribution in [1.82, 2.24) is 5.32 Å². The summed E-state index contributed by atoms with van der Waals surface area (Å²) in [5.41, 5.74) is 0.793. The van der Waals surface area contributed by atoms with Crippen molar-refractivity contribution in [3.63, 3.8) is 0 Å². The zero-order valence-corrected chi connectivity index (χ0v) is 11.5. The molecule has 3 rings (SSSR count). The van der Waals surface area contributed by atoms with Gasteiger partial charge in [-0.3, -0.25) is 0 Å². The molecule has 1 atom stereocenters. The number of rotatable bonds is 3. The molecule has 1 aliphatic heterocycles. The minimum atomic E-state index is -0.269. The number of hydrogen-bond donors (Lipinski definition) is 1. The van der Waals surface area contributed by atoms with Gasteiger partial charge in [-0.15, -0.1) is 0 Å². The molecule has 0 radical (unpaired) electrons. The summed E-state index contributed by atoms with van der Waals surface area (Å²) in [6.45, 7) is 2.17. The number of benzene rings is 1. The predicted molar refractivity (Wildman–Crippen MR) is 69.3 cm³/mol. The van der Waals surface area contributed by atoms with E-state index in [0.29, 0.717) is 17.6 Å². The highest BCUT2D eigenvalue weighted by atomic mass is 79.9. The molecule has 5 heteroatoms. The van der Waals surface area contributed by atoms with Gasteiger partial charge in [-0.1, -0.05) is 0 Å². The van der Waals surface area contributed by atoms with E-state index in [1.54, 1.807) is 0 Å². The van der Waals surface area contributed by atoms with Gasteiger partial charge in [0.25, 0.3) is 0 Å². The molecule has 0 bridgehead atoms. The second kappa shape index (κ2) is 5.15. The third-order valence-corrected chi connectivity index (χ3v) is 3.71. The van der Waals surface area contributed by atoms with Crippen LogP contribution in [0.1, 0.15) is 24.5 Å². The van der Waals surface area contributed by atoms with Crippen molar-refractivity contribution in [2.45, 2.75) is 25.0 Å². The molecule has 2 fully saturated rings.